The Bertz CT molecular complexity index is 1690. The number of ether oxygens (including phenoxy) is 2. The fourth-order valence-electron chi connectivity index (χ4n) is 6.31. The topological polar surface area (TPSA) is 111 Å². The number of phosphoric ester groups is 1. The lowest BCUT2D eigenvalue weighted by molar-refractivity contribution is -0.870. The van der Waals surface area contributed by atoms with Gasteiger partial charge in [-0.25, -0.2) is 0 Å². The molecule has 0 aliphatic carbocycles. The van der Waals surface area contributed by atoms with E-state index in [1.54, 1.807) is 0 Å². The second-order valence-electron chi connectivity index (χ2n) is 18.1. The third kappa shape index (κ3) is 53.2. The van der Waals surface area contributed by atoms with Crippen LogP contribution in [0.5, 0.6) is 0 Å². The first-order chi connectivity index (χ1) is 34.0. The van der Waals surface area contributed by atoms with Crippen molar-refractivity contribution < 1.29 is 42.1 Å². The van der Waals surface area contributed by atoms with E-state index in [1.807, 2.05) is 21.1 Å². The Hall–Kier alpha value is -4.11. The van der Waals surface area contributed by atoms with Crippen molar-refractivity contribution in [3.8, 4) is 0 Å². The summed E-state index contributed by atoms with van der Waals surface area (Å²) in [6.07, 6.45) is 73.1. The fourth-order valence-corrected chi connectivity index (χ4v) is 7.04. The highest BCUT2D eigenvalue weighted by molar-refractivity contribution is 7.45. The fraction of sp³-hybridized carbons (Fsp3) is 0.567. The number of unbranched alkanes of at least 4 members (excludes halogenated alkanes) is 8. The van der Waals surface area contributed by atoms with Crippen molar-refractivity contribution >= 4 is 19.8 Å². The molecular formula is C60H96NO8P. The van der Waals surface area contributed by atoms with Crippen molar-refractivity contribution in [1.82, 2.24) is 0 Å². The van der Waals surface area contributed by atoms with Gasteiger partial charge in [-0.15, -0.1) is 0 Å². The van der Waals surface area contributed by atoms with Crippen LogP contribution in [0, 0.1) is 0 Å². The van der Waals surface area contributed by atoms with Gasteiger partial charge in [0.2, 0.25) is 0 Å². The Balaban J connectivity index is 4.40. The number of carbonyl (C=O) groups excluding carboxylic acids is 2. The van der Waals surface area contributed by atoms with Crippen LogP contribution in [0.1, 0.15) is 168 Å². The van der Waals surface area contributed by atoms with Crippen molar-refractivity contribution in [2.24, 2.45) is 0 Å². The molecule has 0 aromatic rings. The summed E-state index contributed by atoms with van der Waals surface area (Å²) in [5.74, 6) is -0.917. The van der Waals surface area contributed by atoms with Crippen LogP contribution in [0.2, 0.25) is 0 Å². The second kappa shape index (κ2) is 49.9. The van der Waals surface area contributed by atoms with Crippen LogP contribution in [-0.4, -0.2) is 70.0 Å². The zero-order valence-corrected chi connectivity index (χ0v) is 45.3. The third-order valence-corrected chi connectivity index (χ3v) is 11.3. The maximum atomic E-state index is 12.8. The minimum atomic E-state index is -4.66. The zero-order valence-electron chi connectivity index (χ0n) is 44.4. The first-order valence-electron chi connectivity index (χ1n) is 26.5. The summed E-state index contributed by atoms with van der Waals surface area (Å²) in [6.45, 7) is 3.91. The van der Waals surface area contributed by atoms with E-state index in [1.165, 1.54) is 0 Å². The normalized spacial score (nSPS) is 14.5. The van der Waals surface area contributed by atoms with Crippen molar-refractivity contribution in [3.05, 3.63) is 146 Å². The molecule has 9 nitrogen and oxygen atoms in total. The maximum Gasteiger partial charge on any atom is 0.306 e. The molecule has 0 aliphatic rings. The summed E-state index contributed by atoms with van der Waals surface area (Å²) in [6, 6.07) is 0. The molecule has 0 aliphatic heterocycles. The van der Waals surface area contributed by atoms with E-state index in [0.717, 1.165) is 128 Å². The number of hydrogen-bond donors (Lipinski definition) is 0. The summed E-state index contributed by atoms with van der Waals surface area (Å²) < 4.78 is 34.0. The summed E-state index contributed by atoms with van der Waals surface area (Å²) in [7, 11) is 1.10. The van der Waals surface area contributed by atoms with Gasteiger partial charge in [-0.2, -0.15) is 0 Å². The number of rotatable bonds is 46. The van der Waals surface area contributed by atoms with Gasteiger partial charge in [-0.3, -0.25) is 14.2 Å². The van der Waals surface area contributed by atoms with E-state index >= 15 is 0 Å². The molecule has 0 rings (SSSR count). The van der Waals surface area contributed by atoms with Gasteiger partial charge >= 0.3 is 11.9 Å². The number of hydrogen-bond acceptors (Lipinski definition) is 8. The lowest BCUT2D eigenvalue weighted by Crippen LogP contribution is -2.37. The van der Waals surface area contributed by atoms with Crippen molar-refractivity contribution in [2.75, 3.05) is 47.5 Å². The highest BCUT2D eigenvalue weighted by Crippen LogP contribution is 2.38. The molecule has 2 atom stereocenters. The number of quaternary nitrogens is 1. The second-order valence-corrected chi connectivity index (χ2v) is 19.5. The highest BCUT2D eigenvalue weighted by atomic mass is 31.2. The van der Waals surface area contributed by atoms with Gasteiger partial charge < -0.3 is 27.9 Å². The van der Waals surface area contributed by atoms with E-state index in [0.29, 0.717) is 23.9 Å². The zero-order chi connectivity index (χ0) is 51.3. The standard InChI is InChI=1S/C60H96NO8P/c1-6-8-10-12-14-16-18-20-22-24-26-27-28-29-30-31-32-33-35-37-39-41-43-45-47-49-51-53-60(63)69-58(57-68-70(64,65)67-55-54-61(3,4)5)56-66-59(62)52-50-48-46-44-42-40-38-36-34-25-23-21-19-17-15-13-11-9-7-2/h8-11,14-17,20-23,26-27,29-30,32-34,36-37,39,43,45,58H,6-7,12-13,18-19,24-25,28,31,35,38,40-42,44,46-57H2,1-5H3/b10-8-,11-9-,16-14-,17-15-,22-20-,23-21-,27-26-,30-29-,33-32-,36-34-,39-37-,45-43-. The number of likely N-dealkylation sites (N-methyl/N-ethyl adjacent to an activating group) is 1. The quantitative estimate of drug-likeness (QED) is 0.0195. The average Bonchev–Trinajstić information content (AvgIpc) is 3.32. The average molecular weight is 990 g/mol. The highest BCUT2D eigenvalue weighted by Gasteiger charge is 2.21. The van der Waals surface area contributed by atoms with Crippen LogP contribution in [0.25, 0.3) is 0 Å². The molecule has 0 fully saturated rings. The summed E-state index contributed by atoms with van der Waals surface area (Å²) in [5.41, 5.74) is 0. The number of nitrogens with zero attached hydrogens (tertiary/aromatic N) is 1. The summed E-state index contributed by atoms with van der Waals surface area (Å²) in [4.78, 5) is 37.8. The molecule has 0 saturated heterocycles. The van der Waals surface area contributed by atoms with E-state index in [9.17, 15) is 19.0 Å². The van der Waals surface area contributed by atoms with Crippen LogP contribution in [0.15, 0.2) is 146 Å². The molecule has 0 radical (unpaired) electrons. The predicted molar refractivity (Wildman–Crippen MR) is 295 cm³/mol. The molecule has 0 bridgehead atoms. The molecule has 0 aromatic heterocycles. The minimum absolute atomic E-state index is 0.0515. The van der Waals surface area contributed by atoms with Crippen LogP contribution >= 0.6 is 7.82 Å². The van der Waals surface area contributed by atoms with Gasteiger partial charge in [-0.05, 0) is 116 Å². The van der Waals surface area contributed by atoms with Gasteiger partial charge in [0.15, 0.2) is 6.10 Å². The number of allylic oxidation sites excluding steroid dienone is 24. The SMILES string of the molecule is CC/C=C\C/C=C\C/C=C\C/C=C\C/C=C\C/C=C\C/C=C\C/C=C\CCCCC(=O)OC(COC(=O)CCCCCCCC/C=C\C/C=C\C/C=C\C/C=C\CC)COP(=O)([O-])OCC[N+](C)(C)C. The largest absolute Gasteiger partial charge is 0.756 e. The molecule has 394 valence electrons. The first-order valence-corrected chi connectivity index (χ1v) is 28.0. The Kier molecular flexibility index (Phi) is 46.9. The summed E-state index contributed by atoms with van der Waals surface area (Å²) >= 11 is 0. The molecule has 0 saturated carbocycles. The first kappa shape index (κ1) is 65.9. The van der Waals surface area contributed by atoms with Crippen molar-refractivity contribution in [3.63, 3.8) is 0 Å². The molecular weight excluding hydrogens is 894 g/mol. The van der Waals surface area contributed by atoms with E-state index in [2.05, 4.69) is 160 Å². The summed E-state index contributed by atoms with van der Waals surface area (Å²) in [5, 5.41) is 0. The molecule has 0 N–H and O–H groups in total. The van der Waals surface area contributed by atoms with Crippen molar-refractivity contribution in [2.45, 2.75) is 174 Å². The van der Waals surface area contributed by atoms with Crippen LogP contribution in [0.3, 0.4) is 0 Å². The van der Waals surface area contributed by atoms with Gasteiger partial charge in [-0.1, -0.05) is 185 Å². The molecule has 0 amide bonds. The van der Waals surface area contributed by atoms with Crippen LogP contribution in [-0.2, 0) is 32.7 Å². The molecule has 0 heterocycles. The predicted octanol–water partition coefficient (Wildman–Crippen LogP) is 15.7. The van der Waals surface area contributed by atoms with Gasteiger partial charge in [0.25, 0.3) is 7.82 Å². The minimum Gasteiger partial charge on any atom is -0.756 e. The molecule has 70 heavy (non-hydrogen) atoms. The monoisotopic (exact) mass is 990 g/mol. The maximum absolute atomic E-state index is 12.8. The van der Waals surface area contributed by atoms with E-state index < -0.39 is 32.5 Å². The van der Waals surface area contributed by atoms with Gasteiger partial charge in [0.1, 0.15) is 19.8 Å². The Morgan fingerprint density at radius 3 is 1.17 bits per heavy atom. The number of carbonyl (C=O) groups is 2. The van der Waals surface area contributed by atoms with E-state index in [4.69, 9.17) is 18.5 Å². The Labute approximate surface area is 427 Å². The van der Waals surface area contributed by atoms with Crippen molar-refractivity contribution in [1.29, 1.82) is 0 Å². The Morgan fingerprint density at radius 1 is 0.443 bits per heavy atom. The van der Waals surface area contributed by atoms with Gasteiger partial charge in [0.05, 0.1) is 27.7 Å². The lowest BCUT2D eigenvalue weighted by atomic mass is 10.1. The lowest BCUT2D eigenvalue weighted by Gasteiger charge is -2.28. The van der Waals surface area contributed by atoms with E-state index in [-0.39, 0.29) is 26.1 Å². The van der Waals surface area contributed by atoms with Crippen LogP contribution in [0.4, 0.5) is 0 Å². The molecule has 2 unspecified atom stereocenters. The Morgan fingerprint density at radius 2 is 0.771 bits per heavy atom. The molecule has 0 spiro atoms. The third-order valence-electron chi connectivity index (χ3n) is 10.4. The van der Waals surface area contributed by atoms with Gasteiger partial charge in [0, 0.05) is 12.8 Å². The molecule has 0 aromatic carbocycles. The number of phosphoric acid groups is 1. The number of esters is 2. The van der Waals surface area contributed by atoms with Crippen LogP contribution < -0.4 is 4.89 Å². The smallest absolute Gasteiger partial charge is 0.306 e. The molecule has 10 heteroatoms.